The summed E-state index contributed by atoms with van der Waals surface area (Å²) in [7, 11) is 1.78. The van der Waals surface area contributed by atoms with Gasteiger partial charge in [-0.15, -0.1) is 11.8 Å². The average molecular weight is 449 g/mol. The molecule has 2 aromatic carbocycles. The molecule has 0 unspecified atom stereocenters. The van der Waals surface area contributed by atoms with Gasteiger partial charge in [-0.2, -0.15) is 0 Å². The summed E-state index contributed by atoms with van der Waals surface area (Å²) in [5, 5.41) is 9.69. The van der Waals surface area contributed by atoms with E-state index in [9.17, 15) is 4.79 Å². The van der Waals surface area contributed by atoms with Crippen LogP contribution in [0.25, 0.3) is 0 Å². The third kappa shape index (κ3) is 6.17. The van der Waals surface area contributed by atoms with E-state index in [0.29, 0.717) is 18.7 Å². The van der Waals surface area contributed by atoms with Crippen molar-refractivity contribution in [1.82, 2.24) is 16.0 Å². The van der Waals surface area contributed by atoms with Gasteiger partial charge in [0.15, 0.2) is 5.96 Å². The first kappa shape index (κ1) is 22.0. The maximum absolute atomic E-state index is 12.4. The molecule has 0 aliphatic heterocycles. The number of guanidine groups is 1. The van der Waals surface area contributed by atoms with Crippen LogP contribution >= 0.6 is 11.8 Å². The topological polar surface area (TPSA) is 78.7 Å². The maximum Gasteiger partial charge on any atom is 0.251 e. The van der Waals surface area contributed by atoms with E-state index in [1.165, 1.54) is 17.7 Å². The Hall–Kier alpha value is -3.19. The highest BCUT2D eigenvalue weighted by atomic mass is 32.2. The Kier molecular flexibility index (Phi) is 7.17. The fraction of sp³-hybridized carbons (Fsp3) is 0.280. The third-order valence-electron chi connectivity index (χ3n) is 5.34. The lowest BCUT2D eigenvalue weighted by molar-refractivity contribution is 0.0948. The Morgan fingerprint density at radius 2 is 1.84 bits per heavy atom. The smallest absolute Gasteiger partial charge is 0.251 e. The zero-order valence-corrected chi connectivity index (χ0v) is 19.0. The van der Waals surface area contributed by atoms with Crippen LogP contribution in [-0.2, 0) is 13.1 Å². The molecule has 4 rings (SSSR count). The largest absolute Gasteiger partial charge is 0.467 e. The summed E-state index contributed by atoms with van der Waals surface area (Å²) in [6.07, 6.45) is 4.00. The molecule has 6 nitrogen and oxygen atoms in total. The number of aliphatic imine (C=N–C) groups is 1. The van der Waals surface area contributed by atoms with Crippen LogP contribution in [-0.4, -0.2) is 30.2 Å². The molecule has 1 fully saturated rings. The zero-order chi connectivity index (χ0) is 22.2. The van der Waals surface area contributed by atoms with Crippen LogP contribution in [0.2, 0.25) is 0 Å². The number of carbonyl (C=O) groups is 1. The Morgan fingerprint density at radius 1 is 1.00 bits per heavy atom. The van der Waals surface area contributed by atoms with Crippen molar-refractivity contribution in [2.24, 2.45) is 4.99 Å². The maximum atomic E-state index is 12.4. The second-order valence-electron chi connectivity index (χ2n) is 7.84. The van der Waals surface area contributed by atoms with Gasteiger partial charge in [0.1, 0.15) is 5.76 Å². The lowest BCUT2D eigenvalue weighted by Gasteiger charge is -2.18. The van der Waals surface area contributed by atoms with Crippen LogP contribution in [0.1, 0.15) is 34.5 Å². The third-order valence-corrected chi connectivity index (χ3v) is 6.83. The number of furan rings is 1. The van der Waals surface area contributed by atoms with E-state index in [2.05, 4.69) is 45.2 Å². The molecule has 32 heavy (non-hydrogen) atoms. The minimum Gasteiger partial charge on any atom is -0.467 e. The molecule has 3 N–H and O–H groups in total. The van der Waals surface area contributed by atoms with Crippen LogP contribution < -0.4 is 16.0 Å². The normalized spacial score (nSPS) is 14.6. The van der Waals surface area contributed by atoms with Crippen molar-refractivity contribution in [3.63, 3.8) is 0 Å². The highest BCUT2D eigenvalue weighted by molar-refractivity contribution is 8.01. The number of amides is 1. The molecule has 7 heteroatoms. The fourth-order valence-corrected chi connectivity index (χ4v) is 4.59. The molecular weight excluding hydrogens is 420 g/mol. The summed E-state index contributed by atoms with van der Waals surface area (Å²) in [5.41, 5.74) is 1.63. The van der Waals surface area contributed by atoms with Gasteiger partial charge in [-0.3, -0.25) is 9.79 Å². The van der Waals surface area contributed by atoms with Gasteiger partial charge < -0.3 is 20.4 Å². The monoisotopic (exact) mass is 448 g/mol. The summed E-state index contributed by atoms with van der Waals surface area (Å²) in [6.45, 7) is 1.81. The summed E-state index contributed by atoms with van der Waals surface area (Å²) < 4.78 is 5.50. The van der Waals surface area contributed by atoms with Crippen LogP contribution in [0.3, 0.4) is 0 Å². The number of nitrogens with zero attached hydrogens (tertiary/aromatic N) is 1. The van der Waals surface area contributed by atoms with Gasteiger partial charge in [0.25, 0.3) is 5.91 Å². The first-order valence-corrected chi connectivity index (χ1v) is 11.6. The van der Waals surface area contributed by atoms with Crippen molar-refractivity contribution < 1.29 is 9.21 Å². The predicted molar refractivity (Wildman–Crippen MR) is 129 cm³/mol. The molecule has 0 atom stereocenters. The van der Waals surface area contributed by atoms with E-state index in [4.69, 9.17) is 4.42 Å². The minimum atomic E-state index is -0.126. The van der Waals surface area contributed by atoms with Gasteiger partial charge >= 0.3 is 0 Å². The molecule has 0 radical (unpaired) electrons. The van der Waals surface area contributed by atoms with Crippen LogP contribution in [0, 0.1) is 0 Å². The van der Waals surface area contributed by atoms with Gasteiger partial charge in [-0.05, 0) is 54.8 Å². The lowest BCUT2D eigenvalue weighted by Crippen LogP contribution is -2.40. The van der Waals surface area contributed by atoms with Crippen molar-refractivity contribution in [2.45, 2.75) is 35.6 Å². The second kappa shape index (κ2) is 10.4. The van der Waals surface area contributed by atoms with Gasteiger partial charge in [0.05, 0.1) is 12.8 Å². The van der Waals surface area contributed by atoms with Crippen molar-refractivity contribution in [3.05, 3.63) is 89.9 Å². The summed E-state index contributed by atoms with van der Waals surface area (Å²) in [4.78, 5) is 18.1. The molecule has 1 amide bonds. The van der Waals surface area contributed by atoms with E-state index in [1.54, 1.807) is 19.4 Å². The summed E-state index contributed by atoms with van der Waals surface area (Å²) in [5.74, 6) is 1.36. The van der Waals surface area contributed by atoms with Crippen molar-refractivity contribution in [2.75, 3.05) is 13.6 Å². The second-order valence-corrected chi connectivity index (χ2v) is 9.38. The number of nitrogens with one attached hydrogen (secondary N) is 3. The fourth-order valence-electron chi connectivity index (χ4n) is 3.35. The molecule has 1 heterocycles. The Bertz CT molecular complexity index is 1050. The van der Waals surface area contributed by atoms with E-state index >= 15 is 0 Å². The molecular formula is C25H28N4O2S. The van der Waals surface area contributed by atoms with Crippen molar-refractivity contribution >= 4 is 23.6 Å². The van der Waals surface area contributed by atoms with Crippen molar-refractivity contribution in [3.8, 4) is 0 Å². The standard InChI is InChI=1S/C25H28N4O2S/c1-26-24(29-18-25(12-13-25)32-22-10-3-2-4-11-22)28-16-19-7-5-8-20(15-19)23(30)27-17-21-9-6-14-31-21/h2-11,14-15H,12-13,16-18H2,1H3,(H,27,30)(H2,26,28,29). The zero-order valence-electron chi connectivity index (χ0n) is 18.1. The number of benzene rings is 2. The van der Waals surface area contributed by atoms with E-state index in [0.717, 1.165) is 23.8 Å². The van der Waals surface area contributed by atoms with E-state index < -0.39 is 0 Å². The number of hydrogen-bond donors (Lipinski definition) is 3. The highest BCUT2D eigenvalue weighted by Crippen LogP contribution is 2.51. The molecule has 3 aromatic rings. The Balaban J connectivity index is 1.26. The van der Waals surface area contributed by atoms with E-state index in [-0.39, 0.29) is 10.7 Å². The minimum absolute atomic E-state index is 0.126. The molecule has 166 valence electrons. The molecule has 1 aliphatic carbocycles. The van der Waals surface area contributed by atoms with Gasteiger partial charge in [0, 0.05) is 35.3 Å². The average Bonchev–Trinajstić information content (AvgIpc) is 3.38. The Morgan fingerprint density at radius 3 is 2.56 bits per heavy atom. The van der Waals surface area contributed by atoms with Gasteiger partial charge in [-0.1, -0.05) is 30.3 Å². The SMILES string of the molecule is CN=C(NCc1cccc(C(=O)NCc2ccco2)c1)NCC1(Sc2ccccc2)CC1. The number of carbonyl (C=O) groups excluding carboxylic acids is 1. The van der Waals surface area contributed by atoms with Gasteiger partial charge in [0.2, 0.25) is 0 Å². The molecule has 0 spiro atoms. The van der Waals surface area contributed by atoms with Crippen molar-refractivity contribution in [1.29, 1.82) is 0 Å². The number of thioether (sulfide) groups is 1. The van der Waals surface area contributed by atoms with Crippen LogP contribution in [0.5, 0.6) is 0 Å². The summed E-state index contributed by atoms with van der Waals surface area (Å²) in [6, 6.07) is 21.8. The molecule has 1 aromatic heterocycles. The Labute approximate surface area is 192 Å². The van der Waals surface area contributed by atoms with Crippen LogP contribution in [0.4, 0.5) is 0 Å². The number of hydrogen-bond acceptors (Lipinski definition) is 4. The highest BCUT2D eigenvalue weighted by Gasteiger charge is 2.43. The first-order valence-electron chi connectivity index (χ1n) is 10.7. The molecule has 0 bridgehead atoms. The van der Waals surface area contributed by atoms with Gasteiger partial charge in [-0.25, -0.2) is 0 Å². The lowest BCUT2D eigenvalue weighted by atomic mass is 10.1. The summed E-state index contributed by atoms with van der Waals surface area (Å²) >= 11 is 1.94. The molecule has 1 aliphatic rings. The number of rotatable bonds is 9. The molecule has 0 saturated heterocycles. The first-order chi connectivity index (χ1) is 15.7. The molecule has 1 saturated carbocycles. The quantitative estimate of drug-likeness (QED) is 0.338. The predicted octanol–water partition coefficient (Wildman–Crippen LogP) is 4.20. The van der Waals surface area contributed by atoms with E-state index in [1.807, 2.05) is 48.2 Å². The van der Waals surface area contributed by atoms with Crippen LogP contribution in [0.15, 0.2) is 87.3 Å².